The van der Waals surface area contributed by atoms with E-state index in [0.29, 0.717) is 35.6 Å². The van der Waals surface area contributed by atoms with E-state index in [9.17, 15) is 23.6 Å². The van der Waals surface area contributed by atoms with Gasteiger partial charge in [-0.1, -0.05) is 25.5 Å². The molecule has 12 heteroatoms. The number of hydrogen-bond donors (Lipinski definition) is 1. The predicted octanol–water partition coefficient (Wildman–Crippen LogP) is 3.17. The van der Waals surface area contributed by atoms with Crippen LogP contribution in [-0.2, 0) is 33.7 Å². The molecule has 220 valence electrons. The SMILES string of the molecule is CCCc1ncc(F)c2nc(Cn3c(C)ccc(CC(=O)[C@H](CC/C=C/C(=O)N(C)C)OC(=O)N(C)C)c3=O)[nH]c12. The molecule has 0 aliphatic rings. The van der Waals surface area contributed by atoms with E-state index in [0.717, 1.165) is 12.6 Å². The number of rotatable bonds is 12. The highest BCUT2D eigenvalue weighted by Gasteiger charge is 2.25. The molecule has 0 aliphatic carbocycles. The highest BCUT2D eigenvalue weighted by molar-refractivity contribution is 5.88. The van der Waals surface area contributed by atoms with Crippen LogP contribution in [0.2, 0.25) is 0 Å². The number of ether oxygens (including phenoxy) is 1. The maximum absolute atomic E-state index is 14.4. The Kier molecular flexibility index (Phi) is 10.5. The van der Waals surface area contributed by atoms with E-state index >= 15 is 0 Å². The summed E-state index contributed by atoms with van der Waals surface area (Å²) >= 11 is 0. The number of nitrogens with one attached hydrogen (secondary N) is 1. The summed E-state index contributed by atoms with van der Waals surface area (Å²) in [5.41, 5.74) is 1.82. The van der Waals surface area contributed by atoms with E-state index in [1.807, 2.05) is 6.92 Å². The second-order valence-corrected chi connectivity index (χ2v) is 10.2. The zero-order chi connectivity index (χ0) is 30.3. The summed E-state index contributed by atoms with van der Waals surface area (Å²) in [5.74, 6) is -0.815. The largest absolute Gasteiger partial charge is 0.438 e. The number of carbonyl (C=O) groups is 3. The third-order valence-corrected chi connectivity index (χ3v) is 6.50. The summed E-state index contributed by atoms with van der Waals surface area (Å²) < 4.78 is 21.3. The van der Waals surface area contributed by atoms with Crippen molar-refractivity contribution in [3.63, 3.8) is 0 Å². The minimum Gasteiger partial charge on any atom is -0.438 e. The van der Waals surface area contributed by atoms with Crippen LogP contribution in [0.15, 0.2) is 35.3 Å². The number of H-pyrrole nitrogens is 1. The molecule has 11 nitrogen and oxygen atoms in total. The van der Waals surface area contributed by atoms with Gasteiger partial charge in [-0.05, 0) is 38.3 Å². The molecule has 0 saturated heterocycles. The van der Waals surface area contributed by atoms with Gasteiger partial charge in [0, 0.05) is 45.9 Å². The van der Waals surface area contributed by atoms with Gasteiger partial charge in [0.05, 0.1) is 24.0 Å². The number of ketones is 1. The van der Waals surface area contributed by atoms with Crippen LogP contribution >= 0.6 is 0 Å². The summed E-state index contributed by atoms with van der Waals surface area (Å²) in [7, 11) is 6.26. The first kappa shape index (κ1) is 31.2. The molecule has 3 aromatic rings. The number of carbonyl (C=O) groups excluding carboxylic acids is 3. The normalized spacial score (nSPS) is 12.1. The Hall–Kier alpha value is -4.35. The number of aryl methyl sites for hydroxylation is 2. The highest BCUT2D eigenvalue weighted by atomic mass is 19.1. The number of halogens is 1. The van der Waals surface area contributed by atoms with E-state index in [2.05, 4.69) is 15.0 Å². The number of nitrogens with zero attached hydrogens (tertiary/aromatic N) is 5. The van der Waals surface area contributed by atoms with Crippen molar-refractivity contribution < 1.29 is 23.5 Å². The number of aromatic amines is 1. The Morgan fingerprint density at radius 3 is 2.56 bits per heavy atom. The second-order valence-electron chi connectivity index (χ2n) is 10.2. The van der Waals surface area contributed by atoms with Crippen LogP contribution in [0.25, 0.3) is 11.0 Å². The molecule has 0 unspecified atom stereocenters. The average Bonchev–Trinajstić information content (AvgIpc) is 3.36. The molecule has 3 rings (SSSR count). The van der Waals surface area contributed by atoms with Crippen molar-refractivity contribution >= 4 is 28.8 Å². The van der Waals surface area contributed by atoms with Crippen LogP contribution in [0.1, 0.15) is 49.0 Å². The predicted molar refractivity (Wildman–Crippen MR) is 152 cm³/mol. The van der Waals surface area contributed by atoms with Crippen LogP contribution < -0.4 is 5.56 Å². The van der Waals surface area contributed by atoms with Gasteiger partial charge < -0.3 is 24.1 Å². The number of allylic oxidation sites excluding steroid dienone is 1. The van der Waals surface area contributed by atoms with Gasteiger partial charge in [0.2, 0.25) is 5.91 Å². The fraction of sp³-hybridized carbons (Fsp3) is 0.448. The van der Waals surface area contributed by atoms with Crippen LogP contribution in [-0.4, -0.2) is 81.4 Å². The zero-order valence-electron chi connectivity index (χ0n) is 24.4. The molecule has 2 amide bonds. The van der Waals surface area contributed by atoms with Crippen molar-refractivity contribution in [1.29, 1.82) is 0 Å². The van der Waals surface area contributed by atoms with Crippen molar-refractivity contribution in [3.8, 4) is 0 Å². The maximum atomic E-state index is 14.4. The monoisotopic (exact) mass is 568 g/mol. The first-order valence-corrected chi connectivity index (χ1v) is 13.4. The third-order valence-electron chi connectivity index (χ3n) is 6.50. The molecule has 1 N–H and O–H groups in total. The highest BCUT2D eigenvalue weighted by Crippen LogP contribution is 2.20. The van der Waals surface area contributed by atoms with Gasteiger partial charge in [-0.25, -0.2) is 14.2 Å². The standard InChI is InChI=1S/C29H37FN6O5/c1-7-10-21-27-26(20(30)16-31-21)32-24(33-27)17-36-18(2)13-14-19(28(36)39)15-22(37)23(41-29(40)35(5)6)11-8-9-12-25(38)34(3)4/h9,12-14,16,23H,7-8,10-11,15,17H2,1-6H3,(H,32,33)/b12-9+/t23-/m0/s1. The van der Waals surface area contributed by atoms with Gasteiger partial charge in [0.25, 0.3) is 5.56 Å². The van der Waals surface area contributed by atoms with Crippen molar-refractivity contribution in [3.05, 3.63) is 69.4 Å². The first-order valence-electron chi connectivity index (χ1n) is 13.4. The Labute approximate surface area is 238 Å². The van der Waals surface area contributed by atoms with Crippen LogP contribution in [0.5, 0.6) is 0 Å². The van der Waals surface area contributed by atoms with E-state index in [1.54, 1.807) is 39.2 Å². The van der Waals surface area contributed by atoms with Gasteiger partial charge in [0.15, 0.2) is 17.7 Å². The lowest BCUT2D eigenvalue weighted by Crippen LogP contribution is -2.35. The lowest BCUT2D eigenvalue weighted by molar-refractivity contribution is -0.127. The lowest BCUT2D eigenvalue weighted by Gasteiger charge is -2.19. The molecule has 41 heavy (non-hydrogen) atoms. The van der Waals surface area contributed by atoms with E-state index < -0.39 is 29.4 Å². The van der Waals surface area contributed by atoms with Gasteiger partial charge in [-0.2, -0.15) is 0 Å². The molecule has 0 aliphatic heterocycles. The minimum absolute atomic E-state index is 0.0378. The molecule has 0 fully saturated rings. The topological polar surface area (TPSA) is 130 Å². The molecule has 3 heterocycles. The molecule has 0 radical (unpaired) electrons. The second kappa shape index (κ2) is 13.8. The smallest absolute Gasteiger partial charge is 0.409 e. The number of pyridine rings is 2. The summed E-state index contributed by atoms with van der Waals surface area (Å²) in [5, 5.41) is 0. The number of aromatic nitrogens is 4. The Balaban J connectivity index is 1.84. The summed E-state index contributed by atoms with van der Waals surface area (Å²) in [4.78, 5) is 65.0. The Bertz CT molecular complexity index is 1510. The molecular weight excluding hydrogens is 531 g/mol. The quantitative estimate of drug-likeness (QED) is 0.332. The molecule has 0 aromatic carbocycles. The van der Waals surface area contributed by atoms with Crippen molar-refractivity contribution in [2.24, 2.45) is 0 Å². The van der Waals surface area contributed by atoms with Crippen LogP contribution in [0, 0.1) is 12.7 Å². The molecule has 0 spiro atoms. The van der Waals surface area contributed by atoms with E-state index in [1.165, 1.54) is 34.5 Å². The van der Waals surface area contributed by atoms with Gasteiger partial charge in [-0.15, -0.1) is 0 Å². The number of hydrogen-bond acceptors (Lipinski definition) is 7. The Morgan fingerprint density at radius 1 is 1.17 bits per heavy atom. The average molecular weight is 569 g/mol. The number of fused-ring (bicyclic) bond motifs is 1. The maximum Gasteiger partial charge on any atom is 0.409 e. The van der Waals surface area contributed by atoms with E-state index in [4.69, 9.17) is 4.74 Å². The van der Waals surface area contributed by atoms with Gasteiger partial charge >= 0.3 is 6.09 Å². The van der Waals surface area contributed by atoms with Gasteiger partial charge in [0.1, 0.15) is 11.3 Å². The molecule has 0 bridgehead atoms. The molecule has 0 saturated carbocycles. The number of likely N-dealkylation sites (N-methyl/N-ethyl adjacent to an activating group) is 1. The summed E-state index contributed by atoms with van der Waals surface area (Å²) in [6, 6.07) is 3.29. The van der Waals surface area contributed by atoms with Crippen molar-refractivity contribution in [2.75, 3.05) is 28.2 Å². The third kappa shape index (κ3) is 7.86. The first-order chi connectivity index (χ1) is 19.4. The molecule has 3 aromatic heterocycles. The minimum atomic E-state index is -1.11. The van der Waals surface area contributed by atoms with Crippen molar-refractivity contribution in [1.82, 2.24) is 29.3 Å². The lowest BCUT2D eigenvalue weighted by atomic mass is 10.0. The molecule has 1 atom stereocenters. The van der Waals surface area contributed by atoms with Gasteiger partial charge in [-0.3, -0.25) is 19.4 Å². The fourth-order valence-corrected chi connectivity index (χ4v) is 4.16. The van der Waals surface area contributed by atoms with E-state index in [-0.39, 0.29) is 36.4 Å². The summed E-state index contributed by atoms with van der Waals surface area (Å²) in [6.07, 6.45) is 4.03. The number of imidazole rings is 1. The summed E-state index contributed by atoms with van der Waals surface area (Å²) in [6.45, 7) is 3.79. The van der Waals surface area contributed by atoms with Crippen LogP contribution in [0.3, 0.4) is 0 Å². The fourth-order valence-electron chi connectivity index (χ4n) is 4.16. The molecular formula is C29H37FN6O5. The number of Topliss-reactive ketones (excluding diaryl/α,β-unsaturated/α-hetero) is 1. The Morgan fingerprint density at radius 2 is 1.90 bits per heavy atom. The van der Waals surface area contributed by atoms with Crippen LogP contribution in [0.4, 0.5) is 9.18 Å². The zero-order valence-corrected chi connectivity index (χ0v) is 24.4. The number of amides is 2. The van der Waals surface area contributed by atoms with Crippen molar-refractivity contribution in [2.45, 2.75) is 58.6 Å².